The van der Waals surface area contributed by atoms with Crippen LogP contribution in [0, 0.1) is 0 Å². The molecule has 0 saturated carbocycles. The molecule has 1 aromatic carbocycles. The molecule has 0 unspecified atom stereocenters. The third-order valence-electron chi connectivity index (χ3n) is 10.0. The predicted octanol–water partition coefficient (Wildman–Crippen LogP) is 6.27. The van der Waals surface area contributed by atoms with Crippen molar-refractivity contribution in [3.05, 3.63) is 112 Å². The van der Waals surface area contributed by atoms with Crippen molar-refractivity contribution in [1.82, 2.24) is 24.6 Å². The van der Waals surface area contributed by atoms with Gasteiger partial charge >= 0.3 is 7.40 Å². The topological polar surface area (TPSA) is 115 Å². The molecular weight excluding hydrogens is 721 g/mol. The van der Waals surface area contributed by atoms with Crippen molar-refractivity contribution in [1.29, 1.82) is 0 Å². The second-order valence-corrected chi connectivity index (χ2v) is 14.7. The summed E-state index contributed by atoms with van der Waals surface area (Å²) in [5, 5.41) is 7.79. The molecule has 4 aromatic rings. The number of aliphatic imine (C=N–C) groups is 1. The van der Waals surface area contributed by atoms with Crippen LogP contribution in [-0.4, -0.2) is 95.9 Å². The highest BCUT2D eigenvalue weighted by Crippen LogP contribution is 2.36. The van der Waals surface area contributed by atoms with Crippen LogP contribution in [0.3, 0.4) is 0 Å². The molecule has 0 bridgehead atoms. The van der Waals surface area contributed by atoms with E-state index in [2.05, 4.69) is 30.4 Å². The number of nitrogens with one attached hydrogen (secondary N) is 2. The maximum atomic E-state index is 14.1. The summed E-state index contributed by atoms with van der Waals surface area (Å²) >= 11 is 1.57. The molecule has 0 aliphatic carbocycles. The first-order chi connectivity index (χ1) is 26.8. The van der Waals surface area contributed by atoms with Crippen LogP contribution in [0.4, 0.5) is 25.8 Å². The number of allylic oxidation sites excluding steroid dienone is 2. The number of unbranched alkanes of at least 4 members (excludes halogenated alkanes) is 3. The fourth-order valence-corrected chi connectivity index (χ4v) is 7.83. The first kappa shape index (κ1) is 38.0. The number of rotatable bonds is 15. The summed E-state index contributed by atoms with van der Waals surface area (Å²) in [6.07, 6.45) is 11.2. The van der Waals surface area contributed by atoms with Gasteiger partial charge in [-0.3, -0.25) is 32.8 Å². The SMILES string of the molecule is O=C(CCc1ccc(/C=C2\C=CC(c3cccs3)=N2)n1B(F)F)NCCCCCCN1CCN(CC(=O)N2c3ccccc3C(=O)Nc3cccnc32)CC1. The van der Waals surface area contributed by atoms with E-state index in [1.807, 2.05) is 35.7 Å². The number of amides is 3. The van der Waals surface area contributed by atoms with E-state index in [0.717, 1.165) is 73.5 Å². The Morgan fingerprint density at radius 1 is 0.927 bits per heavy atom. The molecule has 15 heteroatoms. The van der Waals surface area contributed by atoms with Crippen molar-refractivity contribution < 1.29 is 23.0 Å². The zero-order valence-corrected chi connectivity index (χ0v) is 31.3. The van der Waals surface area contributed by atoms with Crippen molar-refractivity contribution in [2.24, 2.45) is 4.99 Å². The summed E-state index contributed by atoms with van der Waals surface area (Å²) in [6.45, 7) is 5.02. The Hall–Kier alpha value is -5.25. The highest BCUT2D eigenvalue weighted by Gasteiger charge is 2.31. The van der Waals surface area contributed by atoms with E-state index in [1.165, 1.54) is 0 Å². The smallest absolute Gasteiger partial charge is 0.356 e. The molecule has 3 aliphatic rings. The quantitative estimate of drug-likeness (QED) is 0.109. The molecule has 7 rings (SSSR count). The third-order valence-corrected chi connectivity index (χ3v) is 10.9. The van der Waals surface area contributed by atoms with E-state index in [-0.39, 0.29) is 37.1 Å². The molecule has 1 fully saturated rings. The van der Waals surface area contributed by atoms with Gasteiger partial charge in [-0.2, -0.15) is 0 Å². The number of benzene rings is 1. The van der Waals surface area contributed by atoms with Gasteiger partial charge in [0.15, 0.2) is 5.82 Å². The third kappa shape index (κ3) is 9.35. The molecule has 0 spiro atoms. The highest BCUT2D eigenvalue weighted by atomic mass is 32.1. The minimum absolute atomic E-state index is 0.133. The van der Waals surface area contributed by atoms with Crippen molar-refractivity contribution in [2.75, 3.05) is 56.0 Å². The van der Waals surface area contributed by atoms with Crippen molar-refractivity contribution in [3.63, 3.8) is 0 Å². The molecule has 55 heavy (non-hydrogen) atoms. The van der Waals surface area contributed by atoms with Crippen LogP contribution in [0.1, 0.15) is 58.7 Å². The van der Waals surface area contributed by atoms with Crippen molar-refractivity contribution in [3.8, 4) is 0 Å². The van der Waals surface area contributed by atoms with Crippen LogP contribution in [0.15, 0.2) is 95.1 Å². The number of hydrogen-bond acceptors (Lipinski definition) is 8. The summed E-state index contributed by atoms with van der Waals surface area (Å²) in [7, 11) is -2.73. The largest absolute Gasteiger partial charge is 0.677 e. The van der Waals surface area contributed by atoms with Gasteiger partial charge in [-0.25, -0.2) is 9.98 Å². The van der Waals surface area contributed by atoms with Crippen LogP contribution in [0.25, 0.3) is 6.08 Å². The summed E-state index contributed by atoms with van der Waals surface area (Å²) in [5.41, 5.74) is 3.65. The predicted molar refractivity (Wildman–Crippen MR) is 214 cm³/mol. The number of piperazine rings is 1. The number of thiophene rings is 1. The van der Waals surface area contributed by atoms with Gasteiger partial charge in [0.05, 0.1) is 39.8 Å². The van der Waals surface area contributed by atoms with Crippen LogP contribution in [0.2, 0.25) is 0 Å². The van der Waals surface area contributed by atoms with E-state index in [0.29, 0.717) is 46.4 Å². The Morgan fingerprint density at radius 3 is 2.56 bits per heavy atom. The normalized spacial score (nSPS) is 16.4. The number of hydrogen-bond donors (Lipinski definition) is 2. The number of anilines is 3. The number of carbonyl (C=O) groups excluding carboxylic acids is 3. The number of nitrogens with zero attached hydrogens (tertiary/aromatic N) is 6. The number of aryl methyl sites for hydroxylation is 1. The first-order valence-electron chi connectivity index (χ1n) is 18.7. The lowest BCUT2D eigenvalue weighted by Crippen LogP contribution is -2.49. The van der Waals surface area contributed by atoms with Gasteiger partial charge in [-0.1, -0.05) is 31.0 Å². The summed E-state index contributed by atoms with van der Waals surface area (Å²) in [5.74, 6) is -0.126. The van der Waals surface area contributed by atoms with Crippen LogP contribution >= 0.6 is 11.3 Å². The fraction of sp³-hybridized carbons (Fsp3) is 0.325. The number of halogens is 2. The summed E-state index contributed by atoms with van der Waals surface area (Å²) in [6, 6.07) is 17.8. The molecule has 0 atom stereocenters. The van der Waals surface area contributed by atoms with E-state index in [4.69, 9.17) is 0 Å². The molecule has 284 valence electrons. The second kappa shape index (κ2) is 17.9. The highest BCUT2D eigenvalue weighted by molar-refractivity contribution is 7.12. The average molecular weight is 765 g/mol. The van der Waals surface area contributed by atoms with Gasteiger partial charge in [0.2, 0.25) is 11.8 Å². The van der Waals surface area contributed by atoms with Gasteiger partial charge in [0.25, 0.3) is 5.91 Å². The van der Waals surface area contributed by atoms with Gasteiger partial charge in [-0.05, 0) is 91.9 Å². The Labute approximate surface area is 323 Å². The fourth-order valence-electron chi connectivity index (χ4n) is 7.13. The number of pyridine rings is 1. The standard InChI is InChI=1S/C40H43BF2N8O3S/c42-41(43)51-30(14-15-31(51)27-29-13-17-33(46-29)36-12-8-26-55-36)16-18-37(52)44-19-5-1-2-6-21-48-22-24-49(25-23-48)28-38(53)50-35-11-4-3-9-32(35)40(54)47-34-10-7-20-45-39(34)50/h3-4,7-15,17,20,26-27H,1-2,5-6,16,18-19,21-25,28H2,(H,44,52)(H,47,54)/b29-27+. The van der Waals surface area contributed by atoms with Crippen LogP contribution in [0.5, 0.6) is 0 Å². The molecule has 6 heterocycles. The van der Waals surface area contributed by atoms with Crippen LogP contribution in [-0.2, 0) is 16.0 Å². The summed E-state index contributed by atoms with van der Waals surface area (Å²) < 4.78 is 29.1. The molecule has 0 radical (unpaired) electrons. The Balaban J connectivity index is 0.783. The molecule has 3 aromatic heterocycles. The lowest BCUT2D eigenvalue weighted by Gasteiger charge is -2.35. The van der Waals surface area contributed by atoms with Gasteiger partial charge < -0.3 is 20.0 Å². The zero-order chi connectivity index (χ0) is 38.1. The minimum Gasteiger partial charge on any atom is -0.356 e. The minimum atomic E-state index is -2.73. The number of carbonyl (C=O) groups is 3. The van der Waals surface area contributed by atoms with E-state index in [9.17, 15) is 23.0 Å². The Morgan fingerprint density at radius 2 is 1.75 bits per heavy atom. The molecular formula is C40H43BF2N8O3S. The average Bonchev–Trinajstić information content (AvgIpc) is 3.96. The molecule has 11 nitrogen and oxygen atoms in total. The lowest BCUT2D eigenvalue weighted by atomic mass is 10.1. The monoisotopic (exact) mass is 764 g/mol. The van der Waals surface area contributed by atoms with Crippen LogP contribution < -0.4 is 15.5 Å². The number of para-hydroxylation sites is 1. The van der Waals surface area contributed by atoms with Gasteiger partial charge in [-0.15, -0.1) is 11.3 Å². The van der Waals surface area contributed by atoms with E-state index < -0.39 is 7.40 Å². The van der Waals surface area contributed by atoms with Gasteiger partial charge in [0, 0.05) is 56.7 Å². The lowest BCUT2D eigenvalue weighted by molar-refractivity contribution is -0.121. The molecule has 1 saturated heterocycles. The zero-order valence-electron chi connectivity index (χ0n) is 30.5. The molecule has 3 amide bonds. The van der Waals surface area contributed by atoms with Crippen molar-refractivity contribution in [2.45, 2.75) is 38.5 Å². The second-order valence-electron chi connectivity index (χ2n) is 13.7. The number of fused-ring (bicyclic) bond motifs is 2. The first-order valence-corrected chi connectivity index (χ1v) is 19.6. The molecule has 3 aliphatic heterocycles. The van der Waals surface area contributed by atoms with E-state index >= 15 is 0 Å². The molecule has 2 N–H and O–H groups in total. The Kier molecular flexibility index (Phi) is 12.4. The Bertz CT molecular complexity index is 2090. The maximum absolute atomic E-state index is 14.1. The van der Waals surface area contributed by atoms with Crippen molar-refractivity contribution >= 4 is 65.4 Å². The maximum Gasteiger partial charge on any atom is 0.677 e. The van der Waals surface area contributed by atoms with Gasteiger partial charge in [0.1, 0.15) is 0 Å². The number of aromatic nitrogens is 2. The summed E-state index contributed by atoms with van der Waals surface area (Å²) in [4.78, 5) is 55.3. The van der Waals surface area contributed by atoms with E-state index in [1.54, 1.807) is 71.0 Å².